The molecule has 3 aromatic carbocycles. The molecule has 9 nitrogen and oxygen atoms in total. The number of aliphatic imine (C=N–C) groups is 2. The predicted molar refractivity (Wildman–Crippen MR) is 153 cm³/mol. The third kappa shape index (κ3) is 6.88. The van der Waals surface area contributed by atoms with Crippen molar-refractivity contribution < 1.29 is 19.0 Å². The van der Waals surface area contributed by atoms with E-state index in [1.165, 1.54) is 0 Å². The molecule has 0 aromatic heterocycles. The average molecular weight is 528 g/mol. The van der Waals surface area contributed by atoms with E-state index in [9.17, 15) is 4.79 Å². The number of rotatable bonds is 5. The van der Waals surface area contributed by atoms with E-state index in [1.807, 2.05) is 74.5 Å². The maximum atomic E-state index is 13.0. The van der Waals surface area contributed by atoms with Crippen LogP contribution in [0.5, 0.6) is 5.75 Å². The minimum atomic E-state index is -1.20. The molecule has 0 bridgehead atoms. The van der Waals surface area contributed by atoms with E-state index in [1.54, 1.807) is 18.2 Å². The molecule has 202 valence electrons. The normalized spacial score (nSPS) is 17.4. The highest BCUT2D eigenvalue weighted by Crippen LogP contribution is 2.25. The maximum Gasteiger partial charge on any atom is 0.291 e. The van der Waals surface area contributed by atoms with Gasteiger partial charge in [0.15, 0.2) is 0 Å². The van der Waals surface area contributed by atoms with Crippen molar-refractivity contribution in [2.75, 3.05) is 18.5 Å². The standard InChI is InChI=1S/C28H27N5O4.C2H6/c29-25(21-11-5-7-13-23(21)36-19-14-16-35-17-15-19)37-28(30)33-26-27(34)31-22-12-6-4-10-20(22)24(32-26)18-8-2-1-3-9-18;1-2/h1-13,19,26,29H,14-17H2,(H2,30,33)(H,31,34);1-2H3. The number of carbonyl (C=O) groups is 1. The largest absolute Gasteiger partial charge is 0.489 e. The summed E-state index contributed by atoms with van der Waals surface area (Å²) in [6.07, 6.45) is 0.333. The van der Waals surface area contributed by atoms with Crippen LogP contribution in [0.25, 0.3) is 0 Å². The predicted octanol–water partition coefficient (Wildman–Crippen LogP) is 4.74. The van der Waals surface area contributed by atoms with Gasteiger partial charge in [-0.1, -0.05) is 74.5 Å². The number of nitrogens with one attached hydrogen (secondary N) is 2. The molecule has 9 heteroatoms. The molecule has 1 unspecified atom stereocenters. The Kier molecular flexibility index (Phi) is 9.42. The SMILES string of the molecule is CC.N=C(O/C(N)=N/C1N=C(c2ccccc2)c2ccccc2NC1=O)c1ccccc1OC1CCOCC1. The molecular formula is C30H33N5O4. The number of amides is 1. The number of amidine groups is 1. The molecule has 39 heavy (non-hydrogen) atoms. The Morgan fingerprint density at radius 3 is 2.44 bits per heavy atom. The van der Waals surface area contributed by atoms with Crippen molar-refractivity contribution in [1.29, 1.82) is 5.41 Å². The first-order chi connectivity index (χ1) is 19.1. The second-order valence-corrected chi connectivity index (χ2v) is 8.58. The van der Waals surface area contributed by atoms with E-state index in [0.29, 0.717) is 35.9 Å². The van der Waals surface area contributed by atoms with Gasteiger partial charge < -0.3 is 25.3 Å². The van der Waals surface area contributed by atoms with Crippen LogP contribution in [0.2, 0.25) is 0 Å². The first kappa shape index (κ1) is 27.5. The maximum absolute atomic E-state index is 13.0. The van der Waals surface area contributed by atoms with Crippen molar-refractivity contribution in [3.8, 4) is 5.75 Å². The molecule has 2 aliphatic rings. The zero-order valence-electron chi connectivity index (χ0n) is 22.1. The number of nitrogens with zero attached hydrogens (tertiary/aromatic N) is 2. The van der Waals surface area contributed by atoms with Crippen molar-refractivity contribution in [2.24, 2.45) is 15.7 Å². The van der Waals surface area contributed by atoms with Crippen LogP contribution < -0.4 is 15.8 Å². The lowest BCUT2D eigenvalue weighted by Crippen LogP contribution is -2.30. The van der Waals surface area contributed by atoms with Crippen molar-refractivity contribution in [1.82, 2.24) is 0 Å². The minimum absolute atomic E-state index is 0.00391. The van der Waals surface area contributed by atoms with Gasteiger partial charge in [0.05, 0.1) is 30.2 Å². The molecular weight excluding hydrogens is 494 g/mol. The van der Waals surface area contributed by atoms with E-state index in [2.05, 4.69) is 15.3 Å². The van der Waals surface area contributed by atoms with Gasteiger partial charge in [-0.15, -0.1) is 0 Å². The minimum Gasteiger partial charge on any atom is -0.489 e. The van der Waals surface area contributed by atoms with Gasteiger partial charge in [-0.25, -0.2) is 4.99 Å². The van der Waals surface area contributed by atoms with Gasteiger partial charge in [0.1, 0.15) is 11.9 Å². The summed E-state index contributed by atoms with van der Waals surface area (Å²) in [7, 11) is 0. The fraction of sp³-hybridized carbons (Fsp3) is 0.267. The molecule has 2 heterocycles. The lowest BCUT2D eigenvalue weighted by molar-refractivity contribution is -0.117. The molecule has 2 aliphatic heterocycles. The molecule has 5 rings (SSSR count). The Balaban J connectivity index is 0.00000172. The number of carbonyl (C=O) groups excluding carboxylic acids is 1. The van der Waals surface area contributed by atoms with Crippen LogP contribution in [-0.4, -0.2) is 49.0 Å². The quantitative estimate of drug-likeness (QED) is 0.326. The van der Waals surface area contributed by atoms with Crippen molar-refractivity contribution in [3.63, 3.8) is 0 Å². The van der Waals surface area contributed by atoms with Gasteiger partial charge in [-0.3, -0.25) is 10.2 Å². The molecule has 0 saturated carbocycles. The number of nitrogens with two attached hydrogens (primary N) is 1. The van der Waals surface area contributed by atoms with E-state index in [-0.39, 0.29) is 18.0 Å². The van der Waals surface area contributed by atoms with Crippen molar-refractivity contribution in [3.05, 3.63) is 95.6 Å². The van der Waals surface area contributed by atoms with E-state index < -0.39 is 12.1 Å². The van der Waals surface area contributed by atoms with Crippen molar-refractivity contribution in [2.45, 2.75) is 39.0 Å². The second-order valence-electron chi connectivity index (χ2n) is 8.58. The fourth-order valence-corrected chi connectivity index (χ4v) is 4.20. The Morgan fingerprint density at radius 2 is 1.67 bits per heavy atom. The van der Waals surface area contributed by atoms with E-state index in [4.69, 9.17) is 25.4 Å². The molecule has 4 N–H and O–H groups in total. The van der Waals surface area contributed by atoms with Crippen LogP contribution in [0.15, 0.2) is 88.8 Å². The molecule has 0 radical (unpaired) electrons. The molecule has 0 aliphatic carbocycles. The monoisotopic (exact) mass is 527 g/mol. The van der Waals surface area contributed by atoms with Crippen LogP contribution in [0.4, 0.5) is 5.69 Å². The summed E-state index contributed by atoms with van der Waals surface area (Å²) >= 11 is 0. The molecule has 1 fully saturated rings. The lowest BCUT2D eigenvalue weighted by atomic mass is 10.0. The number of benzodiazepines with no additional fused rings is 1. The van der Waals surface area contributed by atoms with Gasteiger partial charge in [0.25, 0.3) is 11.9 Å². The van der Waals surface area contributed by atoms with Gasteiger partial charge in [0, 0.05) is 24.0 Å². The number of hydrogen-bond donors (Lipinski definition) is 3. The summed E-state index contributed by atoms with van der Waals surface area (Å²) in [4.78, 5) is 21.9. The van der Waals surface area contributed by atoms with Gasteiger partial charge >= 0.3 is 0 Å². The molecule has 3 aromatic rings. The highest BCUT2D eigenvalue weighted by Gasteiger charge is 2.26. The summed E-state index contributed by atoms with van der Waals surface area (Å²) in [6, 6.07) is 23.7. The van der Waals surface area contributed by atoms with E-state index in [0.717, 1.165) is 24.0 Å². The van der Waals surface area contributed by atoms with Crippen LogP contribution in [0.3, 0.4) is 0 Å². The fourth-order valence-electron chi connectivity index (χ4n) is 4.20. The summed E-state index contributed by atoms with van der Waals surface area (Å²) in [5.74, 6) is -0.188. The first-order valence-electron chi connectivity index (χ1n) is 13.1. The number of para-hydroxylation sites is 2. The molecule has 0 spiro atoms. The zero-order valence-corrected chi connectivity index (χ0v) is 22.1. The highest BCUT2D eigenvalue weighted by molar-refractivity contribution is 6.19. The zero-order chi connectivity index (χ0) is 27.6. The smallest absolute Gasteiger partial charge is 0.291 e. The number of benzene rings is 3. The van der Waals surface area contributed by atoms with Crippen LogP contribution in [0.1, 0.15) is 43.4 Å². The van der Waals surface area contributed by atoms with Crippen LogP contribution in [0, 0.1) is 5.41 Å². The van der Waals surface area contributed by atoms with Gasteiger partial charge in [-0.2, -0.15) is 4.99 Å². The highest BCUT2D eigenvalue weighted by atomic mass is 16.5. The van der Waals surface area contributed by atoms with E-state index >= 15 is 0 Å². The number of anilines is 1. The first-order valence-corrected chi connectivity index (χ1v) is 13.1. The summed E-state index contributed by atoms with van der Waals surface area (Å²) in [5, 5.41) is 11.3. The topological polar surface area (TPSA) is 131 Å². The number of hydrogen-bond acceptors (Lipinski definition) is 7. The molecule has 1 atom stereocenters. The van der Waals surface area contributed by atoms with Crippen LogP contribution in [-0.2, 0) is 14.3 Å². The molecule has 1 saturated heterocycles. The van der Waals surface area contributed by atoms with Crippen molar-refractivity contribution >= 4 is 29.2 Å². The lowest BCUT2D eigenvalue weighted by Gasteiger charge is -2.24. The molecule has 1 amide bonds. The van der Waals surface area contributed by atoms with Gasteiger partial charge in [0.2, 0.25) is 12.1 Å². The van der Waals surface area contributed by atoms with Crippen LogP contribution >= 0.6 is 0 Å². The summed E-state index contributed by atoms with van der Waals surface area (Å²) in [6.45, 7) is 5.28. The van der Waals surface area contributed by atoms with Gasteiger partial charge in [-0.05, 0) is 18.2 Å². The summed E-state index contributed by atoms with van der Waals surface area (Å²) in [5.41, 5.74) is 9.31. The number of fused-ring (bicyclic) bond motifs is 1. The summed E-state index contributed by atoms with van der Waals surface area (Å²) < 4.78 is 17.0. The third-order valence-electron chi connectivity index (χ3n) is 6.02. The third-order valence-corrected chi connectivity index (χ3v) is 6.02. The number of ether oxygens (including phenoxy) is 3. The average Bonchev–Trinajstić information content (AvgIpc) is 3.11. The second kappa shape index (κ2) is 13.3. The Labute approximate surface area is 228 Å². The Bertz CT molecular complexity index is 1350. The Hall–Kier alpha value is -4.50. The Morgan fingerprint density at radius 1 is 1.00 bits per heavy atom.